The summed E-state index contributed by atoms with van der Waals surface area (Å²) >= 11 is 0. The van der Waals surface area contributed by atoms with E-state index in [9.17, 15) is 4.39 Å². The fraction of sp³-hybridized carbons (Fsp3) is 0.0952. The molecule has 1 N–H and O–H groups in total. The van der Waals surface area contributed by atoms with Crippen LogP contribution < -0.4 is 14.9 Å². The van der Waals surface area contributed by atoms with Crippen LogP contribution in [0.5, 0.6) is 11.5 Å². The summed E-state index contributed by atoms with van der Waals surface area (Å²) < 4.78 is 24.7. The number of pyridine rings is 1. The third-order valence-electron chi connectivity index (χ3n) is 4.33. The first kappa shape index (κ1) is 17.7. The van der Waals surface area contributed by atoms with E-state index < -0.39 is 0 Å². The average Bonchev–Trinajstić information content (AvgIpc) is 2.93. The third-order valence-corrected chi connectivity index (χ3v) is 4.33. The Morgan fingerprint density at radius 1 is 0.857 bits per heavy atom. The minimum atomic E-state index is -0.366. The molecule has 0 spiro atoms. The number of methoxy groups -OCH3 is 2. The van der Waals surface area contributed by atoms with E-state index in [-0.39, 0.29) is 5.82 Å². The highest BCUT2D eigenvalue weighted by Crippen LogP contribution is 2.31. The van der Waals surface area contributed by atoms with Crippen molar-refractivity contribution in [3.05, 3.63) is 83.4 Å². The number of fused-ring (bicyclic) bond motifs is 1. The molecule has 3 aromatic rings. The lowest BCUT2D eigenvalue weighted by Gasteiger charge is -2.12. The standard InChI is InChI=1S/C21H17FN4O2/c1-27-18-6-3-14(11-19(18)28-2)20-16-12-15(22)4-5-17(16)24-21(26-25-20)13-7-9-23-10-8-13/h3-12H,1-2H3,(H,24,26). The molecule has 1 aromatic heterocycles. The van der Waals surface area contributed by atoms with Crippen LogP contribution in [0.3, 0.4) is 0 Å². The van der Waals surface area contributed by atoms with Crippen LogP contribution in [-0.2, 0) is 0 Å². The van der Waals surface area contributed by atoms with Crippen LogP contribution in [0.2, 0.25) is 0 Å². The number of nitrogens with zero attached hydrogens (tertiary/aromatic N) is 3. The predicted octanol–water partition coefficient (Wildman–Crippen LogP) is 3.67. The Kier molecular flexibility index (Phi) is 4.72. The summed E-state index contributed by atoms with van der Waals surface area (Å²) in [6.07, 6.45) is 3.35. The molecule has 0 unspecified atom stereocenters. The number of benzene rings is 2. The smallest absolute Gasteiger partial charge is 0.161 e. The number of rotatable bonds is 4. The first-order valence-corrected chi connectivity index (χ1v) is 8.54. The Balaban J connectivity index is 1.86. The first-order valence-electron chi connectivity index (χ1n) is 8.54. The Hall–Kier alpha value is -3.74. The van der Waals surface area contributed by atoms with Gasteiger partial charge in [0.25, 0.3) is 0 Å². The maximum Gasteiger partial charge on any atom is 0.161 e. The SMILES string of the molecule is COc1ccc(C2=NNC(c3ccncc3)=Nc3ccc(F)cc32)cc1OC. The molecule has 28 heavy (non-hydrogen) atoms. The molecule has 6 nitrogen and oxygen atoms in total. The third kappa shape index (κ3) is 3.29. The van der Waals surface area contributed by atoms with Gasteiger partial charge >= 0.3 is 0 Å². The molecule has 1 aliphatic rings. The monoisotopic (exact) mass is 376 g/mol. The highest BCUT2D eigenvalue weighted by Gasteiger charge is 2.19. The highest BCUT2D eigenvalue weighted by molar-refractivity contribution is 6.18. The zero-order valence-electron chi connectivity index (χ0n) is 15.3. The van der Waals surface area contributed by atoms with Gasteiger partial charge in [0, 0.05) is 29.1 Å². The molecule has 0 aliphatic carbocycles. The van der Waals surface area contributed by atoms with E-state index in [1.165, 1.54) is 12.1 Å². The number of ether oxygens (including phenoxy) is 2. The molecule has 2 heterocycles. The molecular weight excluding hydrogens is 359 g/mol. The molecule has 1 aliphatic heterocycles. The first-order chi connectivity index (χ1) is 13.7. The van der Waals surface area contributed by atoms with Crippen molar-refractivity contribution >= 4 is 17.2 Å². The minimum absolute atomic E-state index is 0.366. The molecule has 7 heteroatoms. The number of hydrazone groups is 1. The van der Waals surface area contributed by atoms with Gasteiger partial charge < -0.3 is 9.47 Å². The average molecular weight is 376 g/mol. The van der Waals surface area contributed by atoms with Crippen molar-refractivity contribution in [2.24, 2.45) is 10.1 Å². The van der Waals surface area contributed by atoms with E-state index in [0.29, 0.717) is 34.3 Å². The summed E-state index contributed by atoms with van der Waals surface area (Å²) in [6.45, 7) is 0. The van der Waals surface area contributed by atoms with Gasteiger partial charge in [-0.25, -0.2) is 9.38 Å². The Morgan fingerprint density at radius 2 is 1.64 bits per heavy atom. The lowest BCUT2D eigenvalue weighted by molar-refractivity contribution is 0.355. The number of hydrogen-bond donors (Lipinski definition) is 1. The Labute approximate surface area is 161 Å². The lowest BCUT2D eigenvalue weighted by atomic mass is 10.00. The lowest BCUT2D eigenvalue weighted by Crippen LogP contribution is -2.19. The summed E-state index contributed by atoms with van der Waals surface area (Å²) in [5.41, 5.74) is 6.28. The summed E-state index contributed by atoms with van der Waals surface area (Å²) in [5.74, 6) is 1.34. The van der Waals surface area contributed by atoms with Gasteiger partial charge in [-0.3, -0.25) is 10.4 Å². The molecule has 0 amide bonds. The number of hydrogen-bond acceptors (Lipinski definition) is 6. The predicted molar refractivity (Wildman–Crippen MR) is 105 cm³/mol. The number of amidine groups is 1. The van der Waals surface area contributed by atoms with E-state index in [1.807, 2.05) is 18.2 Å². The van der Waals surface area contributed by atoms with Crippen molar-refractivity contribution in [1.29, 1.82) is 0 Å². The minimum Gasteiger partial charge on any atom is -0.493 e. The van der Waals surface area contributed by atoms with Crippen LogP contribution in [0.25, 0.3) is 0 Å². The Bertz CT molecular complexity index is 1080. The van der Waals surface area contributed by atoms with Gasteiger partial charge in [-0.2, -0.15) is 5.10 Å². The van der Waals surface area contributed by atoms with Gasteiger partial charge in [0.1, 0.15) is 11.5 Å². The van der Waals surface area contributed by atoms with Crippen LogP contribution in [0, 0.1) is 5.82 Å². The normalized spacial score (nSPS) is 12.8. The maximum absolute atomic E-state index is 14.0. The molecular formula is C21H17FN4O2. The summed E-state index contributed by atoms with van der Waals surface area (Å²) in [4.78, 5) is 8.67. The van der Waals surface area contributed by atoms with Crippen molar-refractivity contribution in [2.45, 2.75) is 0 Å². The van der Waals surface area contributed by atoms with Crippen molar-refractivity contribution in [1.82, 2.24) is 10.4 Å². The van der Waals surface area contributed by atoms with Gasteiger partial charge in [-0.1, -0.05) is 0 Å². The van der Waals surface area contributed by atoms with E-state index in [1.54, 1.807) is 44.8 Å². The van der Waals surface area contributed by atoms with Crippen LogP contribution in [-0.4, -0.2) is 30.8 Å². The second-order valence-corrected chi connectivity index (χ2v) is 6.00. The van der Waals surface area contributed by atoms with Gasteiger partial charge in [-0.15, -0.1) is 0 Å². The maximum atomic E-state index is 14.0. The van der Waals surface area contributed by atoms with E-state index >= 15 is 0 Å². The van der Waals surface area contributed by atoms with Crippen molar-refractivity contribution < 1.29 is 13.9 Å². The van der Waals surface area contributed by atoms with Gasteiger partial charge in [0.2, 0.25) is 0 Å². The largest absolute Gasteiger partial charge is 0.493 e. The topological polar surface area (TPSA) is 68.1 Å². The molecule has 0 saturated carbocycles. The van der Waals surface area contributed by atoms with Crippen LogP contribution in [0.4, 0.5) is 10.1 Å². The molecule has 4 rings (SSSR count). The van der Waals surface area contributed by atoms with Crippen molar-refractivity contribution in [3.8, 4) is 11.5 Å². The second kappa shape index (κ2) is 7.48. The molecule has 0 fully saturated rings. The molecule has 2 aromatic carbocycles. The number of halogens is 1. The van der Waals surface area contributed by atoms with Gasteiger partial charge in [-0.05, 0) is 48.5 Å². The molecule has 0 atom stereocenters. The number of nitrogens with one attached hydrogen (secondary N) is 1. The van der Waals surface area contributed by atoms with Crippen molar-refractivity contribution in [3.63, 3.8) is 0 Å². The van der Waals surface area contributed by atoms with Crippen LogP contribution in [0.1, 0.15) is 16.7 Å². The fourth-order valence-electron chi connectivity index (χ4n) is 2.95. The second-order valence-electron chi connectivity index (χ2n) is 6.00. The van der Waals surface area contributed by atoms with Crippen molar-refractivity contribution in [2.75, 3.05) is 14.2 Å². The summed E-state index contributed by atoms with van der Waals surface area (Å²) in [7, 11) is 3.13. The van der Waals surface area contributed by atoms with E-state index in [0.717, 1.165) is 11.1 Å². The zero-order chi connectivity index (χ0) is 19.5. The molecule has 140 valence electrons. The molecule has 0 bridgehead atoms. The van der Waals surface area contributed by atoms with Gasteiger partial charge in [0.05, 0.1) is 19.9 Å². The Morgan fingerprint density at radius 3 is 2.39 bits per heavy atom. The zero-order valence-corrected chi connectivity index (χ0v) is 15.3. The molecule has 0 radical (unpaired) electrons. The number of aliphatic imine (C=N–C) groups is 1. The summed E-state index contributed by atoms with van der Waals surface area (Å²) in [6, 6.07) is 13.5. The van der Waals surface area contributed by atoms with E-state index in [2.05, 4.69) is 20.5 Å². The fourth-order valence-corrected chi connectivity index (χ4v) is 2.95. The van der Waals surface area contributed by atoms with E-state index in [4.69, 9.17) is 9.47 Å². The number of aromatic nitrogens is 1. The quantitative estimate of drug-likeness (QED) is 0.754. The molecule has 0 saturated heterocycles. The summed E-state index contributed by atoms with van der Waals surface area (Å²) in [5, 5.41) is 4.52. The highest BCUT2D eigenvalue weighted by atomic mass is 19.1. The van der Waals surface area contributed by atoms with Crippen LogP contribution in [0.15, 0.2) is 71.0 Å². The van der Waals surface area contributed by atoms with Crippen LogP contribution >= 0.6 is 0 Å². The van der Waals surface area contributed by atoms with Gasteiger partial charge in [0.15, 0.2) is 17.3 Å².